The molecular formula is C14H19FN4O. The molecule has 0 unspecified atom stereocenters. The number of nitrogen functional groups attached to an aromatic ring is 1. The number of benzene rings is 1. The summed E-state index contributed by atoms with van der Waals surface area (Å²) in [5.74, 6) is 0.745. The molecule has 6 heteroatoms. The van der Waals surface area contributed by atoms with E-state index < -0.39 is 0 Å². The van der Waals surface area contributed by atoms with Gasteiger partial charge in [0, 0.05) is 12.1 Å². The Balaban J connectivity index is 2.44. The maximum atomic E-state index is 13.2. The summed E-state index contributed by atoms with van der Waals surface area (Å²) >= 11 is 0. The molecule has 5 nitrogen and oxygen atoms in total. The number of aryl methyl sites for hydroxylation is 1. The highest BCUT2D eigenvalue weighted by Gasteiger charge is 2.16. The molecule has 1 heterocycles. The fraction of sp³-hybridized carbons (Fsp3) is 0.357. The lowest BCUT2D eigenvalue weighted by atomic mass is 10.2. The van der Waals surface area contributed by atoms with Crippen molar-refractivity contribution in [2.45, 2.75) is 26.8 Å². The van der Waals surface area contributed by atoms with Crippen molar-refractivity contribution in [2.24, 2.45) is 0 Å². The number of nitrogens with two attached hydrogens (primary N) is 1. The lowest BCUT2D eigenvalue weighted by Gasteiger charge is -2.15. The van der Waals surface area contributed by atoms with Gasteiger partial charge in [-0.05, 0) is 32.9 Å². The van der Waals surface area contributed by atoms with Gasteiger partial charge in [0.15, 0.2) is 5.82 Å². The number of aromatic nitrogens is 2. The van der Waals surface area contributed by atoms with Gasteiger partial charge in [0.25, 0.3) is 0 Å². The number of methoxy groups -OCH3 is 1. The molecule has 0 fully saturated rings. The molecule has 20 heavy (non-hydrogen) atoms. The number of hydrogen-bond donors (Lipinski definition) is 2. The first kappa shape index (κ1) is 14.2. The largest absolute Gasteiger partial charge is 0.494 e. The molecule has 3 N–H and O–H groups in total. The van der Waals surface area contributed by atoms with Gasteiger partial charge in [-0.15, -0.1) is 0 Å². The first-order valence-electron chi connectivity index (χ1n) is 6.39. The number of nitrogens with zero attached hydrogens (tertiary/aromatic N) is 2. The van der Waals surface area contributed by atoms with E-state index in [0.717, 1.165) is 5.69 Å². The molecule has 108 valence electrons. The van der Waals surface area contributed by atoms with Crippen LogP contribution < -0.4 is 15.8 Å². The van der Waals surface area contributed by atoms with Crippen LogP contribution in [0.5, 0.6) is 5.75 Å². The molecule has 1 aromatic carbocycles. The van der Waals surface area contributed by atoms with Gasteiger partial charge in [0.05, 0.1) is 24.2 Å². The van der Waals surface area contributed by atoms with E-state index >= 15 is 0 Å². The molecule has 0 spiro atoms. The third kappa shape index (κ3) is 2.54. The summed E-state index contributed by atoms with van der Waals surface area (Å²) in [5, 5.41) is 7.57. The summed E-state index contributed by atoms with van der Waals surface area (Å²) in [7, 11) is 1.49. The van der Waals surface area contributed by atoms with Gasteiger partial charge in [-0.25, -0.2) is 9.07 Å². The van der Waals surface area contributed by atoms with Crippen molar-refractivity contribution in [3.05, 3.63) is 29.7 Å². The molecule has 0 saturated heterocycles. The minimum Gasteiger partial charge on any atom is -0.494 e. The normalized spacial score (nSPS) is 10.9. The highest BCUT2D eigenvalue weighted by molar-refractivity contribution is 5.74. The fourth-order valence-corrected chi connectivity index (χ4v) is 1.95. The first-order chi connectivity index (χ1) is 9.43. The van der Waals surface area contributed by atoms with E-state index in [9.17, 15) is 4.39 Å². The van der Waals surface area contributed by atoms with Gasteiger partial charge >= 0.3 is 0 Å². The fourth-order valence-electron chi connectivity index (χ4n) is 1.95. The molecule has 0 amide bonds. The van der Waals surface area contributed by atoms with Crippen molar-refractivity contribution in [1.29, 1.82) is 0 Å². The second-order valence-corrected chi connectivity index (χ2v) is 4.86. The molecule has 0 aliphatic heterocycles. The van der Waals surface area contributed by atoms with Crippen molar-refractivity contribution in [3.63, 3.8) is 0 Å². The zero-order valence-electron chi connectivity index (χ0n) is 12.1. The minimum absolute atomic E-state index is 0.153. The average Bonchev–Trinajstić information content (AvgIpc) is 2.69. The summed E-state index contributed by atoms with van der Waals surface area (Å²) in [6.07, 6.45) is 0. The van der Waals surface area contributed by atoms with Gasteiger partial charge in [-0.2, -0.15) is 5.10 Å². The van der Waals surface area contributed by atoms with Gasteiger partial charge in [-0.1, -0.05) is 0 Å². The van der Waals surface area contributed by atoms with Crippen LogP contribution in [-0.2, 0) is 0 Å². The highest BCUT2D eigenvalue weighted by atomic mass is 19.1. The molecule has 0 bridgehead atoms. The van der Waals surface area contributed by atoms with Crippen LogP contribution in [0.3, 0.4) is 0 Å². The Morgan fingerprint density at radius 3 is 2.70 bits per heavy atom. The predicted molar refractivity (Wildman–Crippen MR) is 78.0 cm³/mol. The smallest absolute Gasteiger partial charge is 0.152 e. The third-order valence-corrected chi connectivity index (χ3v) is 3.04. The zero-order valence-corrected chi connectivity index (χ0v) is 12.1. The highest BCUT2D eigenvalue weighted by Crippen LogP contribution is 2.33. The molecule has 0 aliphatic carbocycles. The molecule has 2 rings (SSSR count). The number of hydrogen-bond acceptors (Lipinski definition) is 4. The van der Waals surface area contributed by atoms with Gasteiger partial charge in [0.2, 0.25) is 0 Å². The Kier molecular flexibility index (Phi) is 3.83. The SMILES string of the molecule is COc1cc(F)ccc1Nc1c(N)c(C)nn1C(C)C. The van der Waals surface area contributed by atoms with Crippen LogP contribution in [0.1, 0.15) is 25.6 Å². The van der Waals surface area contributed by atoms with E-state index in [4.69, 9.17) is 10.5 Å². The number of halogens is 1. The molecule has 2 aromatic rings. The van der Waals surface area contributed by atoms with Gasteiger partial charge in [0.1, 0.15) is 11.6 Å². The van der Waals surface area contributed by atoms with Crippen LogP contribution in [0.15, 0.2) is 18.2 Å². The van der Waals surface area contributed by atoms with E-state index in [1.165, 1.54) is 19.2 Å². The van der Waals surface area contributed by atoms with Crippen LogP contribution in [0.25, 0.3) is 0 Å². The molecule has 1 aromatic heterocycles. The van der Waals surface area contributed by atoms with Crippen LogP contribution in [0.4, 0.5) is 21.6 Å². The quantitative estimate of drug-likeness (QED) is 0.901. The number of rotatable bonds is 4. The lowest BCUT2D eigenvalue weighted by molar-refractivity contribution is 0.413. The molecule has 0 aliphatic rings. The summed E-state index contributed by atoms with van der Waals surface area (Å²) < 4.78 is 20.2. The minimum atomic E-state index is -0.353. The maximum absolute atomic E-state index is 13.2. The average molecular weight is 278 g/mol. The summed E-state index contributed by atoms with van der Waals surface area (Å²) in [4.78, 5) is 0. The van der Waals surface area contributed by atoms with E-state index in [2.05, 4.69) is 10.4 Å². The molecule has 0 atom stereocenters. The molecule has 0 saturated carbocycles. The third-order valence-electron chi connectivity index (χ3n) is 3.04. The topological polar surface area (TPSA) is 65.1 Å². The summed E-state index contributed by atoms with van der Waals surface area (Å²) in [6.45, 7) is 5.87. The number of ether oxygens (including phenoxy) is 1. The van der Waals surface area contributed by atoms with Gasteiger partial charge in [-0.3, -0.25) is 0 Å². The number of nitrogens with one attached hydrogen (secondary N) is 1. The van der Waals surface area contributed by atoms with Gasteiger partial charge < -0.3 is 15.8 Å². The van der Waals surface area contributed by atoms with E-state index in [1.807, 2.05) is 20.8 Å². The summed E-state index contributed by atoms with van der Waals surface area (Å²) in [6, 6.07) is 4.45. The Morgan fingerprint density at radius 1 is 1.40 bits per heavy atom. The zero-order chi connectivity index (χ0) is 14.9. The maximum Gasteiger partial charge on any atom is 0.152 e. The Bertz CT molecular complexity index is 622. The van der Waals surface area contributed by atoms with Crippen molar-refractivity contribution in [3.8, 4) is 5.75 Å². The van der Waals surface area contributed by atoms with Crippen molar-refractivity contribution >= 4 is 17.2 Å². The Labute approximate surface area is 117 Å². The first-order valence-corrected chi connectivity index (χ1v) is 6.39. The Hall–Kier alpha value is -2.24. The summed E-state index contributed by atoms with van der Waals surface area (Å²) in [5.41, 5.74) is 8.02. The molecular weight excluding hydrogens is 259 g/mol. The lowest BCUT2D eigenvalue weighted by Crippen LogP contribution is -2.08. The predicted octanol–water partition coefficient (Wildman–Crippen LogP) is 3.25. The van der Waals surface area contributed by atoms with E-state index in [1.54, 1.807) is 10.7 Å². The van der Waals surface area contributed by atoms with Crippen LogP contribution in [0.2, 0.25) is 0 Å². The monoisotopic (exact) mass is 278 g/mol. The van der Waals surface area contributed by atoms with Crippen molar-refractivity contribution in [2.75, 3.05) is 18.2 Å². The molecule has 0 radical (unpaired) electrons. The van der Waals surface area contributed by atoms with E-state index in [0.29, 0.717) is 22.9 Å². The van der Waals surface area contributed by atoms with E-state index in [-0.39, 0.29) is 11.9 Å². The van der Waals surface area contributed by atoms with Crippen LogP contribution in [-0.4, -0.2) is 16.9 Å². The number of anilines is 3. The Morgan fingerprint density at radius 2 is 2.10 bits per heavy atom. The van der Waals surface area contributed by atoms with Crippen molar-refractivity contribution < 1.29 is 9.13 Å². The standard InChI is InChI=1S/C14H19FN4O/c1-8(2)19-14(13(16)9(3)18-19)17-11-6-5-10(15)7-12(11)20-4/h5-8,17H,16H2,1-4H3. The second-order valence-electron chi connectivity index (χ2n) is 4.86. The van der Waals surface area contributed by atoms with Crippen LogP contribution in [0, 0.1) is 12.7 Å². The van der Waals surface area contributed by atoms with Crippen molar-refractivity contribution in [1.82, 2.24) is 9.78 Å². The van der Waals surface area contributed by atoms with Crippen LogP contribution >= 0.6 is 0 Å². The second kappa shape index (κ2) is 5.40.